The number of fused-ring (bicyclic) bond motifs is 1. The lowest BCUT2D eigenvalue weighted by Crippen LogP contribution is -2.52. The van der Waals surface area contributed by atoms with Crippen LogP contribution in [0, 0.1) is 6.92 Å². The quantitative estimate of drug-likeness (QED) is 0.799. The summed E-state index contributed by atoms with van der Waals surface area (Å²) >= 11 is 0. The lowest BCUT2D eigenvalue weighted by molar-refractivity contribution is -0.00570. The van der Waals surface area contributed by atoms with Gasteiger partial charge in [-0.1, -0.05) is 29.8 Å². The molecule has 4 heteroatoms. The molecule has 0 unspecified atom stereocenters. The molecular formula is C21H21NO3. The predicted molar refractivity (Wildman–Crippen MR) is 95.1 cm³/mol. The maximum atomic E-state index is 12.7. The molecular weight excluding hydrogens is 314 g/mol. The molecule has 2 aromatic carbocycles. The molecule has 1 saturated heterocycles. The van der Waals surface area contributed by atoms with Crippen LogP contribution in [0.25, 0.3) is 0 Å². The van der Waals surface area contributed by atoms with Crippen molar-refractivity contribution in [1.29, 1.82) is 0 Å². The Morgan fingerprint density at radius 1 is 1.08 bits per heavy atom. The predicted octanol–water partition coefficient (Wildman–Crippen LogP) is 3.64. The van der Waals surface area contributed by atoms with E-state index in [0.717, 1.165) is 11.1 Å². The van der Waals surface area contributed by atoms with E-state index in [-0.39, 0.29) is 11.7 Å². The summed E-state index contributed by atoms with van der Waals surface area (Å²) in [7, 11) is 0. The smallest absolute Gasteiger partial charge is 0.253 e. The topological polar surface area (TPSA) is 46.6 Å². The van der Waals surface area contributed by atoms with Crippen LogP contribution < -0.4 is 4.74 Å². The molecule has 2 aliphatic rings. The van der Waals surface area contributed by atoms with Gasteiger partial charge in [-0.25, -0.2) is 0 Å². The highest BCUT2D eigenvalue weighted by atomic mass is 16.5. The van der Waals surface area contributed by atoms with Gasteiger partial charge in [-0.15, -0.1) is 0 Å². The molecule has 0 aliphatic carbocycles. The maximum absolute atomic E-state index is 12.7. The average Bonchev–Trinajstić information content (AvgIpc) is 2.62. The van der Waals surface area contributed by atoms with Crippen LogP contribution in [0.15, 0.2) is 48.5 Å². The summed E-state index contributed by atoms with van der Waals surface area (Å²) in [6.45, 7) is 3.21. The SMILES string of the molecule is Cc1cccc(C(=O)N2CCC3(CC2)CC(=O)c2ccccc2O3)c1. The minimum Gasteiger partial charge on any atom is -0.486 e. The number of likely N-dealkylation sites (tertiary alicyclic amines) is 1. The molecule has 1 fully saturated rings. The fourth-order valence-electron chi connectivity index (χ4n) is 3.80. The Balaban J connectivity index is 1.49. The van der Waals surface area contributed by atoms with Gasteiger partial charge in [-0.2, -0.15) is 0 Å². The summed E-state index contributed by atoms with van der Waals surface area (Å²) in [5, 5.41) is 0. The largest absolute Gasteiger partial charge is 0.486 e. The van der Waals surface area contributed by atoms with E-state index in [9.17, 15) is 9.59 Å². The Morgan fingerprint density at radius 3 is 2.60 bits per heavy atom. The number of carbonyl (C=O) groups excluding carboxylic acids is 2. The van der Waals surface area contributed by atoms with Crippen molar-refractivity contribution in [1.82, 2.24) is 4.90 Å². The van der Waals surface area contributed by atoms with Gasteiger partial charge in [0.1, 0.15) is 11.4 Å². The van der Waals surface area contributed by atoms with E-state index < -0.39 is 5.60 Å². The van der Waals surface area contributed by atoms with Gasteiger partial charge < -0.3 is 9.64 Å². The monoisotopic (exact) mass is 335 g/mol. The highest BCUT2D eigenvalue weighted by Gasteiger charge is 2.43. The van der Waals surface area contributed by atoms with E-state index in [0.29, 0.717) is 43.7 Å². The van der Waals surface area contributed by atoms with Crippen molar-refractivity contribution in [3.05, 3.63) is 65.2 Å². The standard InChI is InChI=1S/C21H21NO3/c1-15-5-4-6-16(13-15)20(24)22-11-9-21(10-12-22)14-18(23)17-7-2-3-8-19(17)25-21/h2-8,13H,9-12,14H2,1H3. The van der Waals surface area contributed by atoms with Crippen LogP contribution in [0.3, 0.4) is 0 Å². The van der Waals surface area contributed by atoms with Crippen LogP contribution >= 0.6 is 0 Å². The number of hydrogen-bond acceptors (Lipinski definition) is 3. The zero-order valence-corrected chi connectivity index (χ0v) is 14.3. The number of nitrogens with zero attached hydrogens (tertiary/aromatic N) is 1. The molecule has 0 saturated carbocycles. The lowest BCUT2D eigenvalue weighted by Gasteiger charge is -2.44. The summed E-state index contributed by atoms with van der Waals surface area (Å²) < 4.78 is 6.22. The molecule has 0 radical (unpaired) electrons. The van der Waals surface area contributed by atoms with Crippen LogP contribution in [-0.4, -0.2) is 35.3 Å². The molecule has 4 nitrogen and oxygen atoms in total. The van der Waals surface area contributed by atoms with Gasteiger partial charge in [0.05, 0.1) is 12.0 Å². The molecule has 25 heavy (non-hydrogen) atoms. The number of carbonyl (C=O) groups is 2. The summed E-state index contributed by atoms with van der Waals surface area (Å²) in [5.74, 6) is 0.874. The Kier molecular flexibility index (Phi) is 3.83. The first kappa shape index (κ1) is 15.9. The first-order chi connectivity index (χ1) is 12.1. The molecule has 1 amide bonds. The van der Waals surface area contributed by atoms with Crippen LogP contribution in [0.5, 0.6) is 5.75 Å². The van der Waals surface area contributed by atoms with Crippen molar-refractivity contribution in [2.75, 3.05) is 13.1 Å². The molecule has 1 spiro atoms. The molecule has 0 N–H and O–H groups in total. The number of benzene rings is 2. The van der Waals surface area contributed by atoms with Crippen molar-refractivity contribution in [3.63, 3.8) is 0 Å². The maximum Gasteiger partial charge on any atom is 0.253 e. The fourth-order valence-corrected chi connectivity index (χ4v) is 3.80. The zero-order chi connectivity index (χ0) is 17.4. The van der Waals surface area contributed by atoms with Crippen molar-refractivity contribution < 1.29 is 14.3 Å². The van der Waals surface area contributed by atoms with E-state index in [1.165, 1.54) is 0 Å². The number of piperidine rings is 1. The molecule has 2 aliphatic heterocycles. The first-order valence-corrected chi connectivity index (χ1v) is 8.74. The van der Waals surface area contributed by atoms with E-state index in [1.807, 2.05) is 60.4 Å². The summed E-state index contributed by atoms with van der Waals surface area (Å²) in [5.41, 5.74) is 2.01. The highest BCUT2D eigenvalue weighted by molar-refractivity contribution is 6.00. The Hall–Kier alpha value is -2.62. The number of aryl methyl sites for hydroxylation is 1. The summed E-state index contributed by atoms with van der Waals surface area (Å²) in [4.78, 5) is 27.0. The van der Waals surface area contributed by atoms with Crippen LogP contribution in [-0.2, 0) is 0 Å². The summed E-state index contributed by atoms with van der Waals surface area (Å²) in [6, 6.07) is 15.1. The molecule has 128 valence electrons. The van der Waals surface area contributed by atoms with Crippen molar-refractivity contribution in [3.8, 4) is 5.75 Å². The van der Waals surface area contributed by atoms with Gasteiger partial charge in [0.15, 0.2) is 5.78 Å². The van der Waals surface area contributed by atoms with E-state index in [2.05, 4.69) is 0 Å². The fraction of sp³-hybridized carbons (Fsp3) is 0.333. The number of ether oxygens (including phenoxy) is 1. The van der Waals surface area contributed by atoms with Gasteiger partial charge in [-0.3, -0.25) is 9.59 Å². The molecule has 2 aromatic rings. The molecule has 0 atom stereocenters. The highest BCUT2D eigenvalue weighted by Crippen LogP contribution is 2.39. The second-order valence-electron chi connectivity index (χ2n) is 7.04. The van der Waals surface area contributed by atoms with Crippen LogP contribution in [0.4, 0.5) is 0 Å². The van der Waals surface area contributed by atoms with E-state index in [1.54, 1.807) is 0 Å². The number of rotatable bonds is 1. The normalized spacial score (nSPS) is 18.6. The number of hydrogen-bond donors (Lipinski definition) is 0. The molecule has 2 heterocycles. The zero-order valence-electron chi connectivity index (χ0n) is 14.3. The van der Waals surface area contributed by atoms with Crippen molar-refractivity contribution in [2.45, 2.75) is 31.8 Å². The number of Topliss-reactive ketones (excluding diaryl/α,β-unsaturated/α-hetero) is 1. The van der Waals surface area contributed by atoms with Crippen LogP contribution in [0.1, 0.15) is 45.5 Å². The Labute approximate surface area is 147 Å². The second-order valence-corrected chi connectivity index (χ2v) is 7.04. The molecule has 4 rings (SSSR count). The van der Waals surface area contributed by atoms with Crippen molar-refractivity contribution in [2.24, 2.45) is 0 Å². The van der Waals surface area contributed by atoms with Gasteiger partial charge in [0, 0.05) is 31.5 Å². The third kappa shape index (κ3) is 2.93. The van der Waals surface area contributed by atoms with E-state index >= 15 is 0 Å². The lowest BCUT2D eigenvalue weighted by atomic mass is 9.82. The van der Waals surface area contributed by atoms with Crippen LogP contribution in [0.2, 0.25) is 0 Å². The Bertz CT molecular complexity index is 835. The minimum absolute atomic E-state index is 0.0566. The molecule has 0 bridgehead atoms. The van der Waals surface area contributed by atoms with Gasteiger partial charge in [0.2, 0.25) is 0 Å². The number of ketones is 1. The molecule has 0 aromatic heterocycles. The Morgan fingerprint density at radius 2 is 1.84 bits per heavy atom. The first-order valence-electron chi connectivity index (χ1n) is 8.74. The second kappa shape index (κ2) is 6.03. The van der Waals surface area contributed by atoms with Gasteiger partial charge >= 0.3 is 0 Å². The number of amides is 1. The average molecular weight is 335 g/mol. The van der Waals surface area contributed by atoms with Crippen molar-refractivity contribution >= 4 is 11.7 Å². The van der Waals surface area contributed by atoms with Gasteiger partial charge in [0.25, 0.3) is 5.91 Å². The minimum atomic E-state index is -0.463. The van der Waals surface area contributed by atoms with Gasteiger partial charge in [-0.05, 0) is 31.2 Å². The van der Waals surface area contributed by atoms with E-state index in [4.69, 9.17) is 4.74 Å². The summed E-state index contributed by atoms with van der Waals surface area (Å²) in [6.07, 6.45) is 1.77. The third-order valence-electron chi connectivity index (χ3n) is 5.22. The number of para-hydroxylation sites is 1. The third-order valence-corrected chi connectivity index (χ3v) is 5.22.